The molecule has 1 N–H and O–H groups in total. The summed E-state index contributed by atoms with van der Waals surface area (Å²) in [7, 11) is -4.17. The highest BCUT2D eigenvalue weighted by Gasteiger charge is 2.33. The van der Waals surface area contributed by atoms with E-state index in [-0.39, 0.29) is 23.4 Å². The quantitative estimate of drug-likeness (QED) is 0.277. The molecule has 0 fully saturated rings. The lowest BCUT2D eigenvalue weighted by atomic mass is 10.1. The van der Waals surface area contributed by atoms with Gasteiger partial charge in [-0.25, -0.2) is 8.42 Å². The number of benzene rings is 3. The van der Waals surface area contributed by atoms with Crippen molar-refractivity contribution in [3.05, 3.63) is 88.9 Å². The van der Waals surface area contributed by atoms with E-state index in [1.807, 2.05) is 34.6 Å². The van der Waals surface area contributed by atoms with Gasteiger partial charge in [0.05, 0.1) is 17.2 Å². The number of rotatable bonds is 13. The summed E-state index contributed by atoms with van der Waals surface area (Å²) >= 11 is 6.07. The van der Waals surface area contributed by atoms with Crippen LogP contribution in [0.5, 0.6) is 5.75 Å². The molecule has 2 amide bonds. The molecular weight excluding hydrogens is 562 g/mol. The van der Waals surface area contributed by atoms with E-state index in [2.05, 4.69) is 5.32 Å². The molecule has 0 radical (unpaired) electrons. The standard InChI is InChI=1S/C31H38ClN3O5S/c1-6-29(31(37)33-22(3)4)34(20-24-10-12-25(32)13-11-24)30(36)21-35(26-14-8-23(5)9-15-26)41(38,39)28-18-16-27(17-19-28)40-7-2/h8-19,22,29H,6-7,20-21H2,1-5H3,(H,33,37)/t29-/m0/s1. The fourth-order valence-electron chi connectivity index (χ4n) is 4.33. The van der Waals surface area contributed by atoms with Gasteiger partial charge in [0.25, 0.3) is 10.0 Å². The number of hydrogen-bond donors (Lipinski definition) is 1. The minimum absolute atomic E-state index is 0.0168. The van der Waals surface area contributed by atoms with E-state index in [0.717, 1.165) is 15.4 Å². The van der Waals surface area contributed by atoms with Crippen LogP contribution < -0.4 is 14.4 Å². The second-order valence-corrected chi connectivity index (χ2v) is 12.3. The third kappa shape index (κ3) is 8.47. The summed E-state index contributed by atoms with van der Waals surface area (Å²) in [5, 5.41) is 3.43. The van der Waals surface area contributed by atoms with Crippen molar-refractivity contribution in [2.45, 2.75) is 64.6 Å². The minimum Gasteiger partial charge on any atom is -0.494 e. The number of ether oxygens (including phenoxy) is 1. The Morgan fingerprint density at radius 1 is 0.927 bits per heavy atom. The van der Waals surface area contributed by atoms with Crippen molar-refractivity contribution in [3.8, 4) is 5.75 Å². The molecule has 0 unspecified atom stereocenters. The van der Waals surface area contributed by atoms with Crippen molar-refractivity contribution >= 4 is 39.1 Å². The van der Waals surface area contributed by atoms with Crippen molar-refractivity contribution in [1.82, 2.24) is 10.2 Å². The van der Waals surface area contributed by atoms with E-state index >= 15 is 0 Å². The SMILES string of the molecule is CCOc1ccc(S(=O)(=O)N(CC(=O)N(Cc2ccc(Cl)cc2)[C@@H](CC)C(=O)NC(C)C)c2ccc(C)cc2)cc1. The molecule has 0 bridgehead atoms. The van der Waals surface area contributed by atoms with Gasteiger partial charge in [0, 0.05) is 17.6 Å². The normalized spacial score (nSPS) is 12.1. The molecule has 0 aliphatic heterocycles. The second-order valence-electron chi connectivity index (χ2n) is 9.99. The van der Waals surface area contributed by atoms with E-state index in [1.54, 1.807) is 60.7 Å². The Kier molecular flexibility index (Phi) is 11.2. The molecule has 0 saturated heterocycles. The van der Waals surface area contributed by atoms with Crippen molar-refractivity contribution < 1.29 is 22.7 Å². The Morgan fingerprint density at radius 3 is 2.07 bits per heavy atom. The number of aryl methyl sites for hydroxylation is 1. The van der Waals surface area contributed by atoms with E-state index < -0.39 is 28.5 Å². The summed E-state index contributed by atoms with van der Waals surface area (Å²) in [5.41, 5.74) is 2.04. The molecule has 1 atom stereocenters. The Morgan fingerprint density at radius 2 is 1.54 bits per heavy atom. The van der Waals surface area contributed by atoms with Crippen LogP contribution in [0.15, 0.2) is 77.7 Å². The van der Waals surface area contributed by atoms with E-state index in [1.165, 1.54) is 17.0 Å². The van der Waals surface area contributed by atoms with Crippen LogP contribution in [0, 0.1) is 6.92 Å². The van der Waals surface area contributed by atoms with Crippen LogP contribution in [0.2, 0.25) is 5.02 Å². The summed E-state index contributed by atoms with van der Waals surface area (Å²) in [4.78, 5) is 28.7. The molecule has 0 aliphatic carbocycles. The Labute approximate surface area is 248 Å². The number of sulfonamides is 1. The Hall–Kier alpha value is -3.56. The van der Waals surface area contributed by atoms with Crippen LogP contribution in [0.25, 0.3) is 0 Å². The highest BCUT2D eigenvalue weighted by molar-refractivity contribution is 7.92. The van der Waals surface area contributed by atoms with Gasteiger partial charge in [-0.1, -0.05) is 48.4 Å². The lowest BCUT2D eigenvalue weighted by Crippen LogP contribution is -2.53. The molecule has 10 heteroatoms. The number of anilines is 1. The third-order valence-corrected chi connectivity index (χ3v) is 8.45. The van der Waals surface area contributed by atoms with Crippen molar-refractivity contribution in [2.75, 3.05) is 17.5 Å². The average Bonchev–Trinajstić information content (AvgIpc) is 2.93. The van der Waals surface area contributed by atoms with Crippen LogP contribution in [-0.4, -0.2) is 50.4 Å². The van der Waals surface area contributed by atoms with Gasteiger partial charge in [-0.15, -0.1) is 0 Å². The first-order valence-electron chi connectivity index (χ1n) is 13.6. The molecule has 220 valence electrons. The molecule has 0 saturated carbocycles. The van der Waals surface area contributed by atoms with Gasteiger partial charge in [-0.3, -0.25) is 13.9 Å². The molecule has 0 heterocycles. The van der Waals surface area contributed by atoms with Crippen LogP contribution >= 0.6 is 11.6 Å². The third-order valence-electron chi connectivity index (χ3n) is 6.41. The van der Waals surface area contributed by atoms with Gasteiger partial charge in [0.1, 0.15) is 18.3 Å². The van der Waals surface area contributed by atoms with Crippen molar-refractivity contribution in [1.29, 1.82) is 0 Å². The average molecular weight is 600 g/mol. The fourth-order valence-corrected chi connectivity index (χ4v) is 5.87. The first-order valence-corrected chi connectivity index (χ1v) is 15.4. The predicted octanol–water partition coefficient (Wildman–Crippen LogP) is 5.57. The first-order chi connectivity index (χ1) is 19.5. The monoisotopic (exact) mass is 599 g/mol. The number of carbonyl (C=O) groups is 2. The van der Waals surface area contributed by atoms with Crippen molar-refractivity contribution in [3.63, 3.8) is 0 Å². The van der Waals surface area contributed by atoms with Gasteiger partial charge in [-0.05, 0) is 88.2 Å². The van der Waals surface area contributed by atoms with Crippen LogP contribution in [0.1, 0.15) is 45.2 Å². The first kappa shape index (κ1) is 32.0. The van der Waals surface area contributed by atoms with E-state index in [0.29, 0.717) is 29.5 Å². The molecule has 41 heavy (non-hydrogen) atoms. The van der Waals surface area contributed by atoms with Gasteiger partial charge in [-0.2, -0.15) is 0 Å². The van der Waals surface area contributed by atoms with Gasteiger partial charge in [0.15, 0.2) is 0 Å². The zero-order valence-corrected chi connectivity index (χ0v) is 25.7. The number of amides is 2. The van der Waals surface area contributed by atoms with Crippen LogP contribution in [0.3, 0.4) is 0 Å². The summed E-state index contributed by atoms with van der Waals surface area (Å²) in [6, 6.07) is 19.0. The van der Waals surface area contributed by atoms with E-state index in [9.17, 15) is 18.0 Å². The molecule has 3 aromatic carbocycles. The highest BCUT2D eigenvalue weighted by Crippen LogP contribution is 2.27. The molecule has 0 aromatic heterocycles. The highest BCUT2D eigenvalue weighted by atomic mass is 35.5. The van der Waals surface area contributed by atoms with Gasteiger partial charge >= 0.3 is 0 Å². The number of carbonyl (C=O) groups excluding carboxylic acids is 2. The number of halogens is 1. The summed E-state index contributed by atoms with van der Waals surface area (Å²) in [6.07, 6.45) is 0.341. The van der Waals surface area contributed by atoms with Crippen molar-refractivity contribution in [2.24, 2.45) is 0 Å². The van der Waals surface area contributed by atoms with Crippen LogP contribution in [0.4, 0.5) is 5.69 Å². The summed E-state index contributed by atoms with van der Waals surface area (Å²) < 4.78 is 34.5. The Bertz CT molecular complexity index is 1410. The fraction of sp³-hybridized carbons (Fsp3) is 0.355. The second kappa shape index (κ2) is 14.4. The molecule has 8 nitrogen and oxygen atoms in total. The molecule has 3 rings (SSSR count). The van der Waals surface area contributed by atoms with Gasteiger partial charge < -0.3 is 15.0 Å². The molecule has 3 aromatic rings. The maximum atomic E-state index is 14.1. The summed E-state index contributed by atoms with van der Waals surface area (Å²) in [6.45, 7) is 9.30. The van der Waals surface area contributed by atoms with Gasteiger partial charge in [0.2, 0.25) is 11.8 Å². The number of nitrogens with zero attached hydrogens (tertiary/aromatic N) is 2. The maximum Gasteiger partial charge on any atom is 0.264 e. The van der Waals surface area contributed by atoms with Crippen LogP contribution in [-0.2, 0) is 26.2 Å². The zero-order valence-electron chi connectivity index (χ0n) is 24.1. The lowest BCUT2D eigenvalue weighted by molar-refractivity contribution is -0.140. The lowest BCUT2D eigenvalue weighted by Gasteiger charge is -2.33. The molecule has 0 aliphatic rings. The number of nitrogens with one attached hydrogen (secondary N) is 1. The number of hydrogen-bond acceptors (Lipinski definition) is 5. The smallest absolute Gasteiger partial charge is 0.264 e. The largest absolute Gasteiger partial charge is 0.494 e. The molecule has 0 spiro atoms. The summed E-state index contributed by atoms with van der Waals surface area (Å²) in [5.74, 6) is -0.276. The minimum atomic E-state index is -4.17. The zero-order chi connectivity index (χ0) is 30.2. The van der Waals surface area contributed by atoms with E-state index in [4.69, 9.17) is 16.3 Å². The maximum absolute atomic E-state index is 14.1. The topological polar surface area (TPSA) is 96.0 Å². The predicted molar refractivity (Wildman–Crippen MR) is 163 cm³/mol. The Balaban J connectivity index is 2.04. The molecular formula is C31H38ClN3O5S.